The van der Waals surface area contributed by atoms with Crippen molar-refractivity contribution >= 4 is 22.7 Å². The van der Waals surface area contributed by atoms with Gasteiger partial charge in [-0.3, -0.25) is 9.97 Å². The SMILES string of the molecule is CCn1c(Nc2cc(-c3cccnc3)ccc2F)nc2cc(Oc3ccnc(-c4ncc(C(F)(F)F)[nH]4)c3)ccc21. The molecule has 2 N–H and O–H groups in total. The predicted molar refractivity (Wildman–Crippen MR) is 145 cm³/mol. The molecule has 0 amide bonds. The summed E-state index contributed by atoms with van der Waals surface area (Å²) in [6.45, 7) is 2.52. The van der Waals surface area contributed by atoms with Gasteiger partial charge in [0.1, 0.15) is 28.7 Å². The van der Waals surface area contributed by atoms with E-state index in [9.17, 15) is 17.6 Å². The smallest absolute Gasteiger partial charge is 0.432 e. The fourth-order valence-electron chi connectivity index (χ4n) is 4.38. The van der Waals surface area contributed by atoms with Crippen LogP contribution in [0.4, 0.5) is 29.2 Å². The number of nitrogens with one attached hydrogen (secondary N) is 2. The maximum absolute atomic E-state index is 14.8. The van der Waals surface area contributed by atoms with Gasteiger partial charge in [-0.2, -0.15) is 13.2 Å². The van der Waals surface area contributed by atoms with Crippen LogP contribution in [0.3, 0.4) is 0 Å². The first-order chi connectivity index (χ1) is 19.8. The van der Waals surface area contributed by atoms with E-state index in [1.165, 1.54) is 18.3 Å². The summed E-state index contributed by atoms with van der Waals surface area (Å²) in [5.41, 5.74) is 2.56. The van der Waals surface area contributed by atoms with Gasteiger partial charge in [0.2, 0.25) is 5.95 Å². The van der Waals surface area contributed by atoms with E-state index in [0.717, 1.165) is 22.8 Å². The van der Waals surface area contributed by atoms with E-state index in [-0.39, 0.29) is 17.2 Å². The van der Waals surface area contributed by atoms with E-state index < -0.39 is 17.7 Å². The second kappa shape index (κ2) is 10.4. The van der Waals surface area contributed by atoms with Gasteiger partial charge in [-0.05, 0) is 48.9 Å². The Morgan fingerprint density at radius 1 is 0.927 bits per heavy atom. The number of anilines is 2. The molecule has 0 saturated carbocycles. The number of pyridine rings is 2. The van der Waals surface area contributed by atoms with E-state index >= 15 is 0 Å². The van der Waals surface area contributed by atoms with Crippen LogP contribution < -0.4 is 10.1 Å². The van der Waals surface area contributed by atoms with Gasteiger partial charge in [-0.1, -0.05) is 12.1 Å². The van der Waals surface area contributed by atoms with Gasteiger partial charge in [0, 0.05) is 42.8 Å². The second-order valence-electron chi connectivity index (χ2n) is 9.01. The van der Waals surface area contributed by atoms with Crippen LogP contribution in [0.25, 0.3) is 33.7 Å². The Hall–Kier alpha value is -5.26. The zero-order chi connectivity index (χ0) is 28.6. The first-order valence-corrected chi connectivity index (χ1v) is 12.5. The van der Waals surface area contributed by atoms with Gasteiger partial charge in [0.25, 0.3) is 0 Å². The highest BCUT2D eigenvalue weighted by Crippen LogP contribution is 2.33. The number of hydrogen-bond acceptors (Lipinski definition) is 6. The number of nitrogens with zero attached hydrogens (tertiary/aromatic N) is 5. The third kappa shape index (κ3) is 5.31. The molecule has 4 aromatic heterocycles. The van der Waals surface area contributed by atoms with Gasteiger partial charge in [0.15, 0.2) is 5.82 Å². The van der Waals surface area contributed by atoms with E-state index in [1.807, 2.05) is 29.7 Å². The van der Waals surface area contributed by atoms with Crippen molar-refractivity contribution in [3.8, 4) is 34.1 Å². The summed E-state index contributed by atoms with van der Waals surface area (Å²) in [6, 6.07) is 16.9. The van der Waals surface area contributed by atoms with Crippen molar-refractivity contribution in [1.82, 2.24) is 29.5 Å². The number of halogens is 4. The number of alkyl halides is 3. The van der Waals surface area contributed by atoms with Crippen molar-refractivity contribution in [2.24, 2.45) is 0 Å². The highest BCUT2D eigenvalue weighted by molar-refractivity contribution is 5.82. The van der Waals surface area contributed by atoms with Crippen LogP contribution in [-0.2, 0) is 12.7 Å². The van der Waals surface area contributed by atoms with Crippen molar-refractivity contribution in [3.63, 3.8) is 0 Å². The van der Waals surface area contributed by atoms with Gasteiger partial charge in [-0.25, -0.2) is 14.4 Å². The summed E-state index contributed by atoms with van der Waals surface area (Å²) in [5, 5.41) is 3.12. The number of imidazole rings is 2. The normalized spacial score (nSPS) is 11.6. The molecule has 206 valence electrons. The van der Waals surface area contributed by atoms with Crippen LogP contribution in [-0.4, -0.2) is 29.5 Å². The number of aromatic nitrogens is 6. The lowest BCUT2D eigenvalue weighted by Crippen LogP contribution is -2.04. The van der Waals surface area contributed by atoms with Crippen LogP contribution in [0.2, 0.25) is 0 Å². The van der Waals surface area contributed by atoms with E-state index in [0.29, 0.717) is 29.5 Å². The number of rotatable bonds is 7. The first-order valence-electron chi connectivity index (χ1n) is 12.5. The minimum atomic E-state index is -4.54. The molecule has 8 nitrogen and oxygen atoms in total. The van der Waals surface area contributed by atoms with Crippen LogP contribution in [0.5, 0.6) is 11.5 Å². The molecule has 0 radical (unpaired) electrons. The Balaban J connectivity index is 1.27. The van der Waals surface area contributed by atoms with Gasteiger partial charge < -0.3 is 19.6 Å². The summed E-state index contributed by atoms with van der Waals surface area (Å²) in [6.07, 6.45) is 0.974. The summed E-state index contributed by atoms with van der Waals surface area (Å²) in [7, 11) is 0. The minimum Gasteiger partial charge on any atom is -0.457 e. The molecule has 4 heterocycles. The number of ether oxygens (including phenoxy) is 1. The van der Waals surface area contributed by atoms with Crippen molar-refractivity contribution in [2.75, 3.05) is 5.32 Å². The molecule has 0 aliphatic heterocycles. The molecule has 0 atom stereocenters. The second-order valence-corrected chi connectivity index (χ2v) is 9.01. The molecule has 0 aliphatic rings. The average molecular weight is 560 g/mol. The van der Waals surface area contributed by atoms with E-state index in [2.05, 4.69) is 30.2 Å². The standard InChI is InChI=1S/C29H21F4N7O/c1-2-40-25-8-6-19(41-20-9-11-35-24(14-20)27-36-16-26(39-27)29(31,32)33)13-23(25)38-28(40)37-22-12-17(5-7-21(22)30)18-4-3-10-34-15-18/h3-16H,2H2,1H3,(H,36,39)(H,37,38). The molecular formula is C29H21F4N7O. The van der Waals surface area contributed by atoms with E-state index in [4.69, 9.17) is 4.74 Å². The van der Waals surface area contributed by atoms with Crippen LogP contribution >= 0.6 is 0 Å². The number of H-pyrrole nitrogens is 1. The Labute approximate surface area is 230 Å². The van der Waals surface area contributed by atoms with Gasteiger partial charge in [0.05, 0.1) is 22.9 Å². The first kappa shape index (κ1) is 26.0. The highest BCUT2D eigenvalue weighted by atomic mass is 19.4. The molecule has 41 heavy (non-hydrogen) atoms. The molecule has 0 unspecified atom stereocenters. The zero-order valence-corrected chi connectivity index (χ0v) is 21.4. The lowest BCUT2D eigenvalue weighted by Gasteiger charge is -2.11. The zero-order valence-electron chi connectivity index (χ0n) is 21.4. The maximum atomic E-state index is 14.8. The number of benzene rings is 2. The van der Waals surface area contributed by atoms with Crippen LogP contribution in [0, 0.1) is 5.82 Å². The Morgan fingerprint density at radius 2 is 1.78 bits per heavy atom. The predicted octanol–water partition coefficient (Wildman–Crippen LogP) is 7.60. The lowest BCUT2D eigenvalue weighted by molar-refractivity contribution is -0.140. The van der Waals surface area contributed by atoms with Crippen molar-refractivity contribution < 1.29 is 22.3 Å². The Morgan fingerprint density at radius 3 is 2.54 bits per heavy atom. The maximum Gasteiger partial charge on any atom is 0.432 e. The van der Waals surface area contributed by atoms with E-state index in [1.54, 1.807) is 42.7 Å². The molecular weight excluding hydrogens is 538 g/mol. The molecule has 6 aromatic rings. The average Bonchev–Trinajstić information content (AvgIpc) is 3.60. The lowest BCUT2D eigenvalue weighted by atomic mass is 10.1. The highest BCUT2D eigenvalue weighted by Gasteiger charge is 2.33. The quantitative estimate of drug-likeness (QED) is 0.196. The van der Waals surface area contributed by atoms with Gasteiger partial charge in [-0.15, -0.1) is 0 Å². The number of aromatic amines is 1. The third-order valence-corrected chi connectivity index (χ3v) is 6.33. The Kier molecular flexibility index (Phi) is 6.58. The topological polar surface area (TPSA) is 93.5 Å². The Bertz CT molecular complexity index is 1850. The molecule has 0 saturated heterocycles. The molecule has 0 aliphatic carbocycles. The molecule has 0 spiro atoms. The van der Waals surface area contributed by atoms with Gasteiger partial charge >= 0.3 is 6.18 Å². The number of aryl methyl sites for hydroxylation is 1. The van der Waals surface area contributed by atoms with Crippen molar-refractivity contribution in [1.29, 1.82) is 0 Å². The van der Waals surface area contributed by atoms with Crippen LogP contribution in [0.1, 0.15) is 12.6 Å². The van der Waals surface area contributed by atoms with Crippen molar-refractivity contribution in [3.05, 3.63) is 97.0 Å². The number of hydrogen-bond donors (Lipinski definition) is 2. The molecule has 6 rings (SSSR count). The molecule has 0 fully saturated rings. The van der Waals surface area contributed by atoms with Crippen LogP contribution in [0.15, 0.2) is 85.5 Å². The monoisotopic (exact) mass is 559 g/mol. The minimum absolute atomic E-state index is 0.0320. The summed E-state index contributed by atoms with van der Waals surface area (Å²) in [5.74, 6) is 0.787. The fraction of sp³-hybridized carbons (Fsp3) is 0.103. The molecule has 2 aromatic carbocycles. The third-order valence-electron chi connectivity index (χ3n) is 6.33. The van der Waals surface area contributed by atoms with Crippen molar-refractivity contribution in [2.45, 2.75) is 19.6 Å². The summed E-state index contributed by atoms with van der Waals surface area (Å²) in [4.78, 5) is 18.9. The fourth-order valence-corrected chi connectivity index (χ4v) is 4.38. The summed E-state index contributed by atoms with van der Waals surface area (Å²) >= 11 is 0. The molecule has 0 bridgehead atoms. The largest absolute Gasteiger partial charge is 0.457 e. The number of fused-ring (bicyclic) bond motifs is 1. The molecule has 12 heteroatoms. The summed E-state index contributed by atoms with van der Waals surface area (Å²) < 4.78 is 61.5.